The highest BCUT2D eigenvalue weighted by atomic mass is 32.1. The smallest absolute Gasteiger partial charge is 0.135 e. The Morgan fingerprint density at radius 3 is 1.97 bits per heavy atom. The molecule has 0 fully saturated rings. The first-order valence-electron chi connectivity index (χ1n) is 11.5. The van der Waals surface area contributed by atoms with Crippen LogP contribution in [-0.2, 0) is 0 Å². The van der Waals surface area contributed by atoms with Crippen LogP contribution in [0.1, 0.15) is 5.56 Å². The summed E-state index contributed by atoms with van der Waals surface area (Å²) in [5.41, 5.74) is 4.20. The van der Waals surface area contributed by atoms with Crippen molar-refractivity contribution in [3.63, 3.8) is 0 Å². The SMILES string of the molecule is Cc1ccc2sc3c4c(ccc3c2c1)[Si](c1ccccc1)(c1ccccc1)c1ccccc1-4. The first-order chi connectivity index (χ1) is 16.3. The lowest BCUT2D eigenvalue weighted by atomic mass is 10.0. The van der Waals surface area contributed by atoms with Gasteiger partial charge < -0.3 is 0 Å². The molecule has 5 aromatic carbocycles. The van der Waals surface area contributed by atoms with Crippen molar-refractivity contribution < 1.29 is 0 Å². The zero-order valence-corrected chi connectivity index (χ0v) is 20.2. The molecule has 0 N–H and O–H groups in total. The van der Waals surface area contributed by atoms with Crippen LogP contribution in [0.3, 0.4) is 0 Å². The summed E-state index contributed by atoms with van der Waals surface area (Å²) in [5, 5.41) is 8.72. The minimum Gasteiger partial charge on any atom is -0.135 e. The second kappa shape index (κ2) is 7.02. The third-order valence-corrected chi connectivity index (χ3v) is 13.3. The van der Waals surface area contributed by atoms with E-state index in [9.17, 15) is 0 Å². The van der Waals surface area contributed by atoms with Crippen LogP contribution < -0.4 is 20.7 Å². The minimum atomic E-state index is -2.40. The number of thiophene rings is 1. The van der Waals surface area contributed by atoms with E-state index >= 15 is 0 Å². The minimum absolute atomic E-state index is 1.32. The summed E-state index contributed by atoms with van der Waals surface area (Å²) in [5.74, 6) is 0. The Labute approximate surface area is 198 Å². The van der Waals surface area contributed by atoms with Gasteiger partial charge in [0, 0.05) is 20.2 Å². The van der Waals surface area contributed by atoms with Gasteiger partial charge >= 0.3 is 0 Å². The van der Waals surface area contributed by atoms with Gasteiger partial charge in [0.2, 0.25) is 0 Å². The fourth-order valence-electron chi connectivity index (χ4n) is 5.87. The molecule has 33 heavy (non-hydrogen) atoms. The fraction of sp³-hybridized carbons (Fsp3) is 0.0323. The fourth-order valence-corrected chi connectivity index (χ4v) is 12.4. The third kappa shape index (κ3) is 2.51. The molecule has 2 heterocycles. The molecule has 2 heteroatoms. The Morgan fingerprint density at radius 1 is 0.576 bits per heavy atom. The molecule has 0 bridgehead atoms. The van der Waals surface area contributed by atoms with Crippen molar-refractivity contribution in [3.05, 3.63) is 121 Å². The van der Waals surface area contributed by atoms with Crippen molar-refractivity contribution in [2.75, 3.05) is 0 Å². The highest BCUT2D eigenvalue weighted by Gasteiger charge is 2.49. The maximum atomic E-state index is 2.46. The zero-order valence-electron chi connectivity index (χ0n) is 18.4. The quantitative estimate of drug-likeness (QED) is 0.293. The second-order valence-corrected chi connectivity index (χ2v) is 13.8. The number of fused-ring (bicyclic) bond motifs is 7. The summed E-state index contributed by atoms with van der Waals surface area (Å²) >= 11 is 1.95. The molecular formula is C31H22SSi. The molecule has 0 saturated heterocycles. The number of aryl methyl sites for hydroxylation is 1. The van der Waals surface area contributed by atoms with Crippen LogP contribution in [0.5, 0.6) is 0 Å². The van der Waals surface area contributed by atoms with E-state index < -0.39 is 8.07 Å². The van der Waals surface area contributed by atoms with Gasteiger partial charge in [-0.15, -0.1) is 11.3 Å². The van der Waals surface area contributed by atoms with E-state index in [4.69, 9.17) is 0 Å². The highest BCUT2D eigenvalue weighted by molar-refractivity contribution is 7.28. The summed E-state index contributed by atoms with van der Waals surface area (Å²) in [6.45, 7) is 2.19. The molecule has 0 spiro atoms. The molecule has 0 radical (unpaired) electrons. The molecule has 0 atom stereocenters. The Balaban J connectivity index is 1.70. The van der Waals surface area contributed by atoms with Crippen molar-refractivity contribution in [1.29, 1.82) is 0 Å². The normalized spacial score (nSPS) is 13.8. The largest absolute Gasteiger partial charge is 0.180 e. The molecular weight excluding hydrogens is 432 g/mol. The van der Waals surface area contributed by atoms with Crippen molar-refractivity contribution in [1.82, 2.24) is 0 Å². The maximum Gasteiger partial charge on any atom is 0.180 e. The van der Waals surface area contributed by atoms with Gasteiger partial charge in [-0.05, 0) is 50.9 Å². The third-order valence-electron chi connectivity index (χ3n) is 7.21. The van der Waals surface area contributed by atoms with E-state index in [1.807, 2.05) is 11.3 Å². The Hall–Kier alpha value is -3.46. The van der Waals surface area contributed by atoms with Crippen molar-refractivity contribution in [3.8, 4) is 11.1 Å². The van der Waals surface area contributed by atoms with Crippen LogP contribution in [0.15, 0.2) is 115 Å². The Kier molecular flexibility index (Phi) is 4.05. The molecule has 0 saturated carbocycles. The average Bonchev–Trinajstić information content (AvgIpc) is 3.38. The van der Waals surface area contributed by atoms with Crippen LogP contribution in [0.2, 0.25) is 0 Å². The number of hydrogen-bond donors (Lipinski definition) is 0. The molecule has 0 nitrogen and oxygen atoms in total. The van der Waals surface area contributed by atoms with Gasteiger partial charge in [-0.25, -0.2) is 0 Å². The van der Waals surface area contributed by atoms with Crippen molar-refractivity contribution >= 4 is 60.3 Å². The lowest BCUT2D eigenvalue weighted by molar-refractivity contribution is 1.52. The number of rotatable bonds is 2. The topological polar surface area (TPSA) is 0 Å². The lowest BCUT2D eigenvalue weighted by Crippen LogP contribution is -2.72. The second-order valence-electron chi connectivity index (χ2n) is 8.99. The van der Waals surface area contributed by atoms with Gasteiger partial charge in [0.15, 0.2) is 8.07 Å². The Morgan fingerprint density at radius 2 is 1.24 bits per heavy atom. The van der Waals surface area contributed by atoms with Gasteiger partial charge in [0.05, 0.1) is 0 Å². The standard InChI is InChI=1S/C31H22SSi/c1-21-16-18-27-26(20-21)24-17-19-29-30(31(24)32-27)25-14-8-9-15-28(25)33(29,22-10-4-2-5-11-22)23-12-6-3-7-13-23/h2-20H,1H3. The van der Waals surface area contributed by atoms with Crippen molar-refractivity contribution in [2.24, 2.45) is 0 Å². The predicted octanol–water partition coefficient (Wildman–Crippen LogP) is 5.72. The lowest BCUT2D eigenvalue weighted by Gasteiger charge is -2.31. The van der Waals surface area contributed by atoms with E-state index in [0.29, 0.717) is 0 Å². The van der Waals surface area contributed by atoms with Gasteiger partial charge in [-0.2, -0.15) is 0 Å². The van der Waals surface area contributed by atoms with Crippen LogP contribution in [0.25, 0.3) is 31.3 Å². The molecule has 0 aliphatic carbocycles. The molecule has 0 amide bonds. The van der Waals surface area contributed by atoms with E-state index in [1.165, 1.54) is 57.6 Å². The summed E-state index contributed by atoms with van der Waals surface area (Å²) in [4.78, 5) is 0. The zero-order chi connectivity index (χ0) is 22.0. The maximum absolute atomic E-state index is 2.46. The van der Waals surface area contributed by atoms with E-state index in [-0.39, 0.29) is 0 Å². The Bertz CT molecular complexity index is 1620. The molecule has 156 valence electrons. The first kappa shape index (κ1) is 19.0. The monoisotopic (exact) mass is 454 g/mol. The van der Waals surface area contributed by atoms with Gasteiger partial charge in [-0.3, -0.25) is 0 Å². The van der Waals surface area contributed by atoms with E-state index in [2.05, 4.69) is 122 Å². The van der Waals surface area contributed by atoms with Crippen LogP contribution in [0, 0.1) is 6.92 Å². The average molecular weight is 455 g/mol. The van der Waals surface area contributed by atoms with E-state index in [0.717, 1.165) is 0 Å². The van der Waals surface area contributed by atoms with Gasteiger partial charge in [0.25, 0.3) is 0 Å². The molecule has 0 unspecified atom stereocenters. The summed E-state index contributed by atoms with van der Waals surface area (Å²) < 4.78 is 2.81. The van der Waals surface area contributed by atoms with Crippen molar-refractivity contribution in [2.45, 2.75) is 6.92 Å². The molecule has 1 aliphatic rings. The van der Waals surface area contributed by atoms with Crippen LogP contribution in [-0.4, -0.2) is 8.07 Å². The molecule has 1 aliphatic heterocycles. The van der Waals surface area contributed by atoms with Gasteiger partial charge in [0.1, 0.15) is 0 Å². The molecule has 6 aromatic rings. The van der Waals surface area contributed by atoms with Crippen LogP contribution >= 0.6 is 11.3 Å². The first-order valence-corrected chi connectivity index (χ1v) is 14.3. The number of hydrogen-bond acceptors (Lipinski definition) is 1. The summed E-state index contributed by atoms with van der Waals surface area (Å²) in [6.07, 6.45) is 0. The van der Waals surface area contributed by atoms with E-state index in [1.54, 1.807) is 0 Å². The highest BCUT2D eigenvalue weighted by Crippen LogP contribution is 2.42. The molecule has 7 rings (SSSR count). The summed E-state index contributed by atoms with van der Waals surface area (Å²) in [7, 11) is -2.40. The van der Waals surface area contributed by atoms with Gasteiger partial charge in [-0.1, -0.05) is 109 Å². The summed E-state index contributed by atoms with van der Waals surface area (Å²) in [6, 6.07) is 43.4. The molecule has 1 aromatic heterocycles. The number of benzene rings is 5. The van der Waals surface area contributed by atoms with Crippen LogP contribution in [0.4, 0.5) is 0 Å². The predicted molar refractivity (Wildman–Crippen MR) is 147 cm³/mol.